The van der Waals surface area contributed by atoms with Crippen LogP contribution in [-0.2, 0) is 33.2 Å². The SMILES string of the molecule is COC1[C@@H](O)C(C)OC(C)[C@H]1O[C@H]1OC(CO[C@H]2OC(C(=O)O)[C@@H](O)C(O)[C@@H]2O)[C@@H](O)C(O)[C@@H]1O. The zero-order chi connectivity index (χ0) is 26.2. The largest absolute Gasteiger partial charge is 0.479 e. The molecule has 0 spiro atoms. The summed E-state index contributed by atoms with van der Waals surface area (Å²) in [5.74, 6) is -1.61. The molecule has 15 atom stereocenters. The Hall–Kier alpha value is -1.05. The highest BCUT2D eigenvalue weighted by atomic mass is 16.7. The van der Waals surface area contributed by atoms with Gasteiger partial charge in [0, 0.05) is 7.11 Å². The number of aliphatic carboxylic acids is 1. The van der Waals surface area contributed by atoms with Gasteiger partial charge in [0.15, 0.2) is 18.7 Å². The molecule has 0 bridgehead atoms. The molecular formula is C20H34O15. The summed E-state index contributed by atoms with van der Waals surface area (Å²) < 4.78 is 32.6. The summed E-state index contributed by atoms with van der Waals surface area (Å²) in [6.07, 6.45) is -21.4. The minimum absolute atomic E-state index is 0.564. The van der Waals surface area contributed by atoms with Crippen LogP contribution in [0.4, 0.5) is 0 Å². The van der Waals surface area contributed by atoms with Gasteiger partial charge in [-0.3, -0.25) is 0 Å². The number of aliphatic hydroxyl groups is 7. The Morgan fingerprint density at radius 1 is 0.714 bits per heavy atom. The lowest BCUT2D eigenvalue weighted by atomic mass is 9.95. The normalized spacial score (nSPS) is 51.2. The Balaban J connectivity index is 1.68. The van der Waals surface area contributed by atoms with Crippen molar-refractivity contribution < 1.29 is 74.1 Å². The molecule has 15 heteroatoms. The first-order valence-corrected chi connectivity index (χ1v) is 11.1. The van der Waals surface area contributed by atoms with E-state index in [9.17, 15) is 40.5 Å². The van der Waals surface area contributed by atoms with Gasteiger partial charge in [-0.1, -0.05) is 0 Å². The Morgan fingerprint density at radius 3 is 1.91 bits per heavy atom. The van der Waals surface area contributed by atoms with Gasteiger partial charge >= 0.3 is 5.97 Å². The van der Waals surface area contributed by atoms with Crippen molar-refractivity contribution in [1.29, 1.82) is 0 Å². The predicted octanol–water partition coefficient (Wildman–Crippen LogP) is -4.73. The van der Waals surface area contributed by atoms with Crippen LogP contribution in [0.1, 0.15) is 13.8 Å². The van der Waals surface area contributed by atoms with E-state index in [4.69, 9.17) is 33.5 Å². The molecule has 3 aliphatic heterocycles. The Bertz CT molecular complexity index is 710. The first kappa shape index (κ1) is 28.5. The fraction of sp³-hybridized carbons (Fsp3) is 0.950. The standard InChI is InChI=1S/C20H34O15/c1-5-8(21)16(30-3)15(6(2)32-5)34-20-14(27)10(23)9(22)7(33-20)4-31-19-13(26)11(24)12(25)17(35-19)18(28)29/h5-17,19-27H,4H2,1-3H3,(H,28,29)/t5?,6?,7?,8-,9+,10?,11?,12-,13-,14-,15+,16?,17?,19-,20+/m0/s1. The fourth-order valence-corrected chi connectivity index (χ4v) is 4.39. The number of carboxylic acid groups (broad SMARTS) is 1. The molecular weight excluding hydrogens is 480 g/mol. The number of carboxylic acids is 1. The minimum atomic E-state index is -1.92. The summed E-state index contributed by atoms with van der Waals surface area (Å²) in [6.45, 7) is 2.70. The van der Waals surface area contributed by atoms with Crippen LogP contribution >= 0.6 is 0 Å². The quantitative estimate of drug-likeness (QED) is 0.159. The van der Waals surface area contributed by atoms with Crippen LogP contribution in [-0.4, -0.2) is 152 Å². The van der Waals surface area contributed by atoms with Gasteiger partial charge in [-0.15, -0.1) is 0 Å². The van der Waals surface area contributed by atoms with E-state index in [2.05, 4.69) is 0 Å². The van der Waals surface area contributed by atoms with E-state index >= 15 is 0 Å². The Labute approximate surface area is 200 Å². The monoisotopic (exact) mass is 514 g/mol. The number of methoxy groups -OCH3 is 1. The molecule has 3 rings (SSSR count). The topological polar surface area (TPSA) is 234 Å². The van der Waals surface area contributed by atoms with Crippen LogP contribution in [0, 0.1) is 0 Å². The summed E-state index contributed by atoms with van der Waals surface area (Å²) in [7, 11) is 1.35. The maximum atomic E-state index is 11.2. The molecule has 0 aromatic rings. The highest BCUT2D eigenvalue weighted by Crippen LogP contribution is 2.31. The number of rotatable bonds is 7. The third-order valence-electron chi connectivity index (χ3n) is 6.50. The summed E-state index contributed by atoms with van der Waals surface area (Å²) in [4.78, 5) is 11.2. The van der Waals surface area contributed by atoms with E-state index in [1.807, 2.05) is 0 Å². The summed E-state index contributed by atoms with van der Waals surface area (Å²) in [5.41, 5.74) is 0. The van der Waals surface area contributed by atoms with Crippen LogP contribution in [0.5, 0.6) is 0 Å². The molecule has 15 nitrogen and oxygen atoms in total. The van der Waals surface area contributed by atoms with Crippen LogP contribution in [0.25, 0.3) is 0 Å². The van der Waals surface area contributed by atoms with E-state index in [1.54, 1.807) is 13.8 Å². The van der Waals surface area contributed by atoms with Crippen molar-refractivity contribution in [3.8, 4) is 0 Å². The molecule has 0 aromatic heterocycles. The molecule has 0 aliphatic carbocycles. The highest BCUT2D eigenvalue weighted by molar-refractivity contribution is 5.73. The molecule has 3 fully saturated rings. The molecule has 204 valence electrons. The van der Waals surface area contributed by atoms with Crippen LogP contribution in [0.15, 0.2) is 0 Å². The molecule has 0 saturated carbocycles. The van der Waals surface area contributed by atoms with Crippen LogP contribution < -0.4 is 0 Å². The van der Waals surface area contributed by atoms with Gasteiger partial charge in [0.2, 0.25) is 0 Å². The van der Waals surface area contributed by atoms with Gasteiger partial charge in [-0.2, -0.15) is 0 Å². The molecule has 7 unspecified atom stereocenters. The van der Waals surface area contributed by atoms with E-state index in [0.29, 0.717) is 0 Å². The van der Waals surface area contributed by atoms with Gasteiger partial charge in [-0.05, 0) is 13.8 Å². The Morgan fingerprint density at radius 2 is 1.31 bits per heavy atom. The number of hydrogen-bond acceptors (Lipinski definition) is 14. The molecule has 0 radical (unpaired) electrons. The van der Waals surface area contributed by atoms with Gasteiger partial charge in [0.1, 0.15) is 61.0 Å². The molecule has 0 amide bonds. The van der Waals surface area contributed by atoms with Crippen molar-refractivity contribution >= 4 is 5.97 Å². The van der Waals surface area contributed by atoms with E-state index in [0.717, 1.165) is 0 Å². The molecule has 0 aromatic carbocycles. The molecule has 3 heterocycles. The van der Waals surface area contributed by atoms with Gasteiger partial charge in [0.25, 0.3) is 0 Å². The maximum absolute atomic E-state index is 11.2. The number of hydrogen-bond donors (Lipinski definition) is 8. The first-order chi connectivity index (χ1) is 16.4. The zero-order valence-electron chi connectivity index (χ0n) is 19.3. The Kier molecular flexibility index (Phi) is 9.42. The van der Waals surface area contributed by atoms with Crippen LogP contribution in [0.2, 0.25) is 0 Å². The van der Waals surface area contributed by atoms with Gasteiger partial charge < -0.3 is 69.3 Å². The average Bonchev–Trinajstić information content (AvgIpc) is 2.81. The summed E-state index contributed by atoms with van der Waals surface area (Å²) in [6, 6.07) is 0. The van der Waals surface area contributed by atoms with Crippen molar-refractivity contribution in [3.05, 3.63) is 0 Å². The van der Waals surface area contributed by atoms with Gasteiger partial charge in [-0.25, -0.2) is 4.79 Å². The lowest BCUT2D eigenvalue weighted by molar-refractivity contribution is -0.350. The second kappa shape index (κ2) is 11.6. The van der Waals surface area contributed by atoms with Crippen molar-refractivity contribution in [2.24, 2.45) is 0 Å². The fourth-order valence-electron chi connectivity index (χ4n) is 4.39. The summed E-state index contributed by atoms with van der Waals surface area (Å²) in [5, 5.41) is 80.3. The molecule has 8 N–H and O–H groups in total. The minimum Gasteiger partial charge on any atom is -0.479 e. The van der Waals surface area contributed by atoms with Crippen LogP contribution in [0.3, 0.4) is 0 Å². The van der Waals surface area contributed by atoms with Gasteiger partial charge in [0.05, 0.1) is 18.8 Å². The number of ether oxygens (including phenoxy) is 6. The second-order valence-corrected chi connectivity index (χ2v) is 8.92. The van der Waals surface area contributed by atoms with E-state index in [-0.39, 0.29) is 0 Å². The number of carbonyl (C=O) groups is 1. The van der Waals surface area contributed by atoms with Crippen molar-refractivity contribution in [2.75, 3.05) is 13.7 Å². The third-order valence-corrected chi connectivity index (χ3v) is 6.50. The first-order valence-electron chi connectivity index (χ1n) is 11.1. The zero-order valence-corrected chi connectivity index (χ0v) is 19.3. The van der Waals surface area contributed by atoms with Crippen molar-refractivity contribution in [1.82, 2.24) is 0 Å². The molecule has 3 aliphatic rings. The lowest BCUT2D eigenvalue weighted by Gasteiger charge is -2.46. The molecule has 3 saturated heterocycles. The maximum Gasteiger partial charge on any atom is 0.335 e. The second-order valence-electron chi connectivity index (χ2n) is 8.92. The smallest absolute Gasteiger partial charge is 0.335 e. The highest BCUT2D eigenvalue weighted by Gasteiger charge is 2.51. The third kappa shape index (κ3) is 5.77. The lowest BCUT2D eigenvalue weighted by Crippen LogP contribution is -2.64. The van der Waals surface area contributed by atoms with Crippen molar-refractivity contribution in [2.45, 2.75) is 106 Å². The average molecular weight is 514 g/mol. The number of aliphatic hydroxyl groups excluding tert-OH is 7. The van der Waals surface area contributed by atoms with Crippen molar-refractivity contribution in [3.63, 3.8) is 0 Å². The molecule has 35 heavy (non-hydrogen) atoms. The predicted molar refractivity (Wildman–Crippen MR) is 109 cm³/mol. The van der Waals surface area contributed by atoms with E-state index < -0.39 is 105 Å². The van der Waals surface area contributed by atoms with E-state index in [1.165, 1.54) is 7.11 Å². The summed E-state index contributed by atoms with van der Waals surface area (Å²) >= 11 is 0.